The minimum Gasteiger partial charge on any atom is -0.487 e. The smallest absolute Gasteiger partial charge is 0.410 e. The second kappa shape index (κ2) is 19.9. The van der Waals surface area contributed by atoms with E-state index in [1.807, 2.05) is 60.7 Å². The van der Waals surface area contributed by atoms with Crippen LogP contribution in [0.2, 0.25) is 0 Å². The first kappa shape index (κ1) is 41.1. The molecule has 3 aromatic carbocycles. The number of nitrogens with one attached hydrogen (secondary N) is 2. The molecular formula is C39H51N3O10. The van der Waals surface area contributed by atoms with Gasteiger partial charge in [0.1, 0.15) is 37.5 Å². The number of esters is 1. The lowest BCUT2D eigenvalue weighted by molar-refractivity contribution is -0.146. The average molecular weight is 722 g/mol. The maximum Gasteiger partial charge on any atom is 0.410 e. The van der Waals surface area contributed by atoms with E-state index in [0.29, 0.717) is 11.3 Å². The number of alkyl carbamates (subject to hydrolysis) is 1. The van der Waals surface area contributed by atoms with Crippen molar-refractivity contribution in [3.63, 3.8) is 0 Å². The fraction of sp³-hybridized carbons (Fsp3) is 0.436. The average Bonchev–Trinajstić information content (AvgIpc) is 3.12. The molecule has 0 unspecified atom stereocenters. The Hall–Kier alpha value is -5.30. The van der Waals surface area contributed by atoms with Gasteiger partial charge in [-0.3, -0.25) is 9.69 Å². The van der Waals surface area contributed by atoms with Crippen molar-refractivity contribution >= 4 is 24.1 Å². The number of hydrogen-bond donors (Lipinski definition) is 3. The van der Waals surface area contributed by atoms with E-state index >= 15 is 0 Å². The van der Waals surface area contributed by atoms with E-state index in [1.54, 1.807) is 52.8 Å². The Bertz CT molecular complexity index is 1590. The van der Waals surface area contributed by atoms with Crippen molar-refractivity contribution in [2.24, 2.45) is 5.92 Å². The predicted molar refractivity (Wildman–Crippen MR) is 194 cm³/mol. The van der Waals surface area contributed by atoms with E-state index in [0.717, 1.165) is 11.1 Å². The highest BCUT2D eigenvalue weighted by Gasteiger charge is 2.31. The molecule has 0 bridgehead atoms. The van der Waals surface area contributed by atoms with E-state index in [1.165, 1.54) is 19.1 Å². The van der Waals surface area contributed by atoms with Crippen molar-refractivity contribution in [1.29, 1.82) is 0 Å². The van der Waals surface area contributed by atoms with Gasteiger partial charge in [-0.25, -0.2) is 14.4 Å². The lowest BCUT2D eigenvalue weighted by atomic mass is 10.0. The minimum atomic E-state index is -1.04. The maximum absolute atomic E-state index is 13.2. The fourth-order valence-electron chi connectivity index (χ4n) is 4.92. The Kier molecular flexibility index (Phi) is 15.8. The first-order valence-electron chi connectivity index (χ1n) is 17.0. The molecule has 282 valence electrons. The summed E-state index contributed by atoms with van der Waals surface area (Å²) in [5, 5.41) is 15.5. The quantitative estimate of drug-likeness (QED) is 0.127. The van der Waals surface area contributed by atoms with Crippen LogP contribution in [0.15, 0.2) is 78.9 Å². The molecule has 0 aromatic heterocycles. The molecule has 0 radical (unpaired) electrons. The molecule has 52 heavy (non-hydrogen) atoms. The Labute approximate surface area is 305 Å². The zero-order valence-corrected chi connectivity index (χ0v) is 30.9. The van der Waals surface area contributed by atoms with Crippen LogP contribution in [0.25, 0.3) is 0 Å². The lowest BCUT2D eigenvalue weighted by Gasteiger charge is -2.27. The Morgan fingerprint density at radius 3 is 1.98 bits per heavy atom. The fourth-order valence-corrected chi connectivity index (χ4v) is 4.92. The predicted octanol–water partition coefficient (Wildman–Crippen LogP) is 5.02. The Balaban J connectivity index is 1.79. The standard InChI is InChI=1S/C39H51N3O10/c1-26(2)34(41-37(46)52-39(3,4)5)35(44)40-30(22-43)25-50-33-21-29(18-19-32(33)49-23-27-14-10-8-11-15-27)20-31(36(45)48-7)42(6)38(47)51-24-28-16-12-9-13-17-28/h8-19,21,26,30-31,34,43H,20,22-25H2,1-7H3,(H,40,44)(H,41,46)/t30-,31+,34+/m1/s1. The Morgan fingerprint density at radius 2 is 1.42 bits per heavy atom. The topological polar surface area (TPSA) is 162 Å². The summed E-state index contributed by atoms with van der Waals surface area (Å²) in [5.74, 6) is -0.826. The first-order valence-corrected chi connectivity index (χ1v) is 17.0. The highest BCUT2D eigenvalue weighted by atomic mass is 16.6. The van der Waals surface area contributed by atoms with Crippen LogP contribution >= 0.6 is 0 Å². The van der Waals surface area contributed by atoms with Crippen LogP contribution in [0.3, 0.4) is 0 Å². The summed E-state index contributed by atoms with van der Waals surface area (Å²) in [4.78, 5) is 52.8. The molecule has 3 aromatic rings. The van der Waals surface area contributed by atoms with Gasteiger partial charge < -0.3 is 39.4 Å². The molecule has 0 aliphatic rings. The molecule has 0 saturated carbocycles. The third-order valence-corrected chi connectivity index (χ3v) is 7.74. The van der Waals surface area contributed by atoms with Crippen molar-refractivity contribution in [2.75, 3.05) is 27.4 Å². The molecule has 0 aliphatic carbocycles. The van der Waals surface area contributed by atoms with Crippen molar-refractivity contribution in [1.82, 2.24) is 15.5 Å². The highest BCUT2D eigenvalue weighted by molar-refractivity contribution is 5.86. The van der Waals surface area contributed by atoms with Crippen LogP contribution < -0.4 is 20.1 Å². The second-order valence-corrected chi connectivity index (χ2v) is 13.5. The molecule has 13 heteroatoms. The lowest BCUT2D eigenvalue weighted by Crippen LogP contribution is -2.54. The van der Waals surface area contributed by atoms with Crippen LogP contribution in [0.5, 0.6) is 11.5 Å². The maximum atomic E-state index is 13.2. The van der Waals surface area contributed by atoms with Gasteiger partial charge in [0.25, 0.3) is 0 Å². The van der Waals surface area contributed by atoms with Crippen LogP contribution in [-0.2, 0) is 43.4 Å². The van der Waals surface area contributed by atoms with Crippen LogP contribution in [0.4, 0.5) is 9.59 Å². The van der Waals surface area contributed by atoms with Gasteiger partial charge >= 0.3 is 18.2 Å². The summed E-state index contributed by atoms with van der Waals surface area (Å²) in [6.07, 6.45) is -1.40. The number of benzene rings is 3. The van der Waals surface area contributed by atoms with Gasteiger partial charge in [-0.2, -0.15) is 0 Å². The number of ether oxygens (including phenoxy) is 5. The largest absolute Gasteiger partial charge is 0.487 e. The molecule has 3 rings (SSSR count). The van der Waals surface area contributed by atoms with Gasteiger partial charge in [-0.1, -0.05) is 80.6 Å². The number of rotatable bonds is 17. The number of carbonyl (C=O) groups is 4. The number of nitrogens with zero attached hydrogens (tertiary/aromatic N) is 1. The number of aliphatic hydroxyl groups is 1. The summed E-state index contributed by atoms with van der Waals surface area (Å²) in [5.41, 5.74) is 1.56. The number of methoxy groups -OCH3 is 1. The Morgan fingerprint density at radius 1 is 0.808 bits per heavy atom. The first-order chi connectivity index (χ1) is 24.7. The van der Waals surface area contributed by atoms with Gasteiger partial charge in [0, 0.05) is 13.5 Å². The molecule has 3 N–H and O–H groups in total. The number of likely N-dealkylation sites (N-methyl/N-ethyl adjacent to an activating group) is 1. The number of aliphatic hydroxyl groups excluding tert-OH is 1. The van der Waals surface area contributed by atoms with Crippen LogP contribution in [0.1, 0.15) is 51.3 Å². The van der Waals surface area contributed by atoms with E-state index in [-0.39, 0.29) is 37.9 Å². The molecule has 0 heterocycles. The van der Waals surface area contributed by atoms with E-state index in [2.05, 4.69) is 10.6 Å². The molecule has 3 amide bonds. The van der Waals surface area contributed by atoms with Gasteiger partial charge in [0.05, 0.1) is 19.8 Å². The second-order valence-electron chi connectivity index (χ2n) is 13.5. The summed E-state index contributed by atoms with van der Waals surface area (Å²) in [7, 11) is 2.70. The normalized spacial score (nSPS) is 12.9. The SMILES string of the molecule is COC(=O)[C@H](Cc1ccc(OCc2ccccc2)c(OC[C@@H](CO)NC(=O)[C@@H](NC(=O)OC(C)(C)C)C(C)C)c1)N(C)C(=O)OCc1ccccc1. The van der Waals surface area contributed by atoms with Crippen LogP contribution in [-0.4, -0.2) is 85.2 Å². The minimum absolute atomic E-state index is 0.0287. The number of hydrogen-bond acceptors (Lipinski definition) is 10. The zero-order valence-electron chi connectivity index (χ0n) is 30.9. The summed E-state index contributed by atoms with van der Waals surface area (Å²) < 4.78 is 28.0. The third kappa shape index (κ3) is 13.4. The van der Waals surface area contributed by atoms with Gasteiger partial charge in [0.2, 0.25) is 5.91 Å². The van der Waals surface area contributed by atoms with E-state index in [9.17, 15) is 24.3 Å². The third-order valence-electron chi connectivity index (χ3n) is 7.74. The number of carbonyl (C=O) groups excluding carboxylic acids is 4. The van der Waals surface area contributed by atoms with Crippen molar-refractivity contribution in [3.05, 3.63) is 95.6 Å². The molecule has 13 nitrogen and oxygen atoms in total. The molecule has 0 spiro atoms. The molecule has 0 aliphatic heterocycles. The van der Waals surface area contributed by atoms with Gasteiger partial charge in [0.15, 0.2) is 11.5 Å². The summed E-state index contributed by atoms with van der Waals surface area (Å²) in [6, 6.07) is 20.9. The molecule has 0 saturated heterocycles. The molecule has 3 atom stereocenters. The van der Waals surface area contributed by atoms with E-state index < -0.39 is 54.4 Å². The van der Waals surface area contributed by atoms with Crippen LogP contribution in [0, 0.1) is 5.92 Å². The summed E-state index contributed by atoms with van der Waals surface area (Å²) in [6.45, 7) is 8.32. The number of amides is 3. The van der Waals surface area contributed by atoms with E-state index in [4.69, 9.17) is 23.7 Å². The summed E-state index contributed by atoms with van der Waals surface area (Å²) >= 11 is 0. The van der Waals surface area contributed by atoms with Gasteiger partial charge in [-0.15, -0.1) is 0 Å². The zero-order chi connectivity index (χ0) is 38.3. The van der Waals surface area contributed by atoms with Crippen molar-refractivity contribution in [3.8, 4) is 11.5 Å². The molecular weight excluding hydrogens is 670 g/mol. The highest BCUT2D eigenvalue weighted by Crippen LogP contribution is 2.30. The monoisotopic (exact) mass is 721 g/mol. The van der Waals surface area contributed by atoms with Gasteiger partial charge in [-0.05, 0) is 55.5 Å². The van der Waals surface area contributed by atoms with Crippen molar-refractivity contribution in [2.45, 2.75) is 78.0 Å². The van der Waals surface area contributed by atoms with Crippen molar-refractivity contribution < 1.29 is 48.0 Å². The molecule has 0 fully saturated rings.